The maximum Gasteiger partial charge on any atom is 0.315 e. The van der Waals surface area contributed by atoms with Gasteiger partial charge in [-0.2, -0.15) is 0 Å². The van der Waals surface area contributed by atoms with E-state index in [1.165, 1.54) is 19.3 Å². The lowest BCUT2D eigenvalue weighted by Crippen LogP contribution is -2.61. The number of nitrogens with one attached hydrogen (secondary N) is 3. The molecule has 0 radical (unpaired) electrons. The molecule has 6 heteroatoms. The zero-order valence-corrected chi connectivity index (χ0v) is 16.4. The molecular formula is C21H28ClN3O2. The highest BCUT2D eigenvalue weighted by molar-refractivity contribution is 6.30. The number of halogens is 1. The van der Waals surface area contributed by atoms with Crippen molar-refractivity contribution in [2.75, 3.05) is 6.54 Å². The molecule has 0 unspecified atom stereocenters. The maximum absolute atomic E-state index is 12.4. The molecule has 3 amide bonds. The number of benzene rings is 1. The molecule has 0 aromatic heterocycles. The Kier molecular flexibility index (Phi) is 5.31. The molecule has 0 spiro atoms. The fourth-order valence-corrected chi connectivity index (χ4v) is 5.86. The number of rotatable bonds is 6. The summed E-state index contributed by atoms with van der Waals surface area (Å²) in [4.78, 5) is 24.3. The number of hydrogen-bond acceptors (Lipinski definition) is 2. The second-order valence-corrected chi connectivity index (χ2v) is 9.17. The molecule has 4 fully saturated rings. The molecule has 0 heterocycles. The zero-order chi connectivity index (χ0) is 18.9. The van der Waals surface area contributed by atoms with Gasteiger partial charge in [0.2, 0.25) is 5.91 Å². The van der Waals surface area contributed by atoms with E-state index in [1.54, 1.807) is 12.1 Å². The Labute approximate surface area is 165 Å². The lowest BCUT2D eigenvalue weighted by Gasteiger charge is -2.56. The summed E-state index contributed by atoms with van der Waals surface area (Å²) in [6, 6.07) is 7.26. The van der Waals surface area contributed by atoms with Crippen molar-refractivity contribution >= 4 is 23.5 Å². The predicted octanol–water partition coefficient (Wildman–Crippen LogP) is 3.61. The van der Waals surface area contributed by atoms with Crippen molar-refractivity contribution < 1.29 is 9.59 Å². The lowest BCUT2D eigenvalue weighted by atomic mass is 9.53. The van der Waals surface area contributed by atoms with E-state index in [9.17, 15) is 9.59 Å². The number of carbonyl (C=O) groups excluding carboxylic acids is 2. The van der Waals surface area contributed by atoms with Crippen molar-refractivity contribution in [1.29, 1.82) is 0 Å². The number of amides is 3. The van der Waals surface area contributed by atoms with Gasteiger partial charge in [0.05, 0.1) is 0 Å². The highest BCUT2D eigenvalue weighted by atomic mass is 35.5. The fourth-order valence-electron chi connectivity index (χ4n) is 5.73. The molecule has 3 N–H and O–H groups in total. The zero-order valence-electron chi connectivity index (χ0n) is 15.6. The average molecular weight is 390 g/mol. The highest BCUT2D eigenvalue weighted by Gasteiger charge is 2.51. The van der Waals surface area contributed by atoms with E-state index >= 15 is 0 Å². The van der Waals surface area contributed by atoms with Gasteiger partial charge in [-0.1, -0.05) is 23.7 Å². The van der Waals surface area contributed by atoms with Crippen LogP contribution in [0.2, 0.25) is 5.02 Å². The Morgan fingerprint density at radius 1 is 0.963 bits per heavy atom. The normalized spacial score (nSPS) is 30.8. The molecule has 0 atom stereocenters. The Morgan fingerprint density at radius 2 is 1.56 bits per heavy atom. The van der Waals surface area contributed by atoms with Crippen LogP contribution < -0.4 is 16.0 Å². The van der Waals surface area contributed by atoms with Crippen LogP contribution in [0.15, 0.2) is 24.3 Å². The molecule has 1 aromatic rings. The van der Waals surface area contributed by atoms with E-state index < -0.39 is 0 Å². The van der Waals surface area contributed by atoms with Crippen molar-refractivity contribution in [3.63, 3.8) is 0 Å². The van der Waals surface area contributed by atoms with Gasteiger partial charge in [0.25, 0.3) is 0 Å². The molecular weight excluding hydrogens is 362 g/mol. The summed E-state index contributed by atoms with van der Waals surface area (Å²) in [6.45, 7) is 0.820. The van der Waals surface area contributed by atoms with Crippen LogP contribution in [0.5, 0.6) is 0 Å². The summed E-state index contributed by atoms with van der Waals surface area (Å²) in [7, 11) is 0. The van der Waals surface area contributed by atoms with Gasteiger partial charge in [0.1, 0.15) is 0 Å². The topological polar surface area (TPSA) is 70.2 Å². The Morgan fingerprint density at radius 3 is 2.15 bits per heavy atom. The second-order valence-electron chi connectivity index (χ2n) is 8.73. The van der Waals surface area contributed by atoms with Gasteiger partial charge in [-0.25, -0.2) is 4.79 Å². The van der Waals surface area contributed by atoms with Crippen LogP contribution in [0.4, 0.5) is 4.79 Å². The Bertz CT molecular complexity index is 669. The first kappa shape index (κ1) is 18.6. The first-order chi connectivity index (χ1) is 13.0. The number of urea groups is 1. The van der Waals surface area contributed by atoms with E-state index in [-0.39, 0.29) is 23.9 Å². The first-order valence-electron chi connectivity index (χ1n) is 10.1. The van der Waals surface area contributed by atoms with Crippen LogP contribution in [-0.4, -0.2) is 24.0 Å². The molecule has 5 rings (SSSR count). The summed E-state index contributed by atoms with van der Waals surface area (Å²) >= 11 is 5.85. The smallest absolute Gasteiger partial charge is 0.315 e. The van der Waals surface area contributed by atoms with Crippen LogP contribution in [0, 0.1) is 17.8 Å². The summed E-state index contributed by atoms with van der Waals surface area (Å²) in [5.41, 5.74) is 1.01. The molecule has 1 aromatic carbocycles. The highest BCUT2D eigenvalue weighted by Crippen LogP contribution is 2.55. The van der Waals surface area contributed by atoms with Crippen molar-refractivity contribution in [3.05, 3.63) is 34.9 Å². The van der Waals surface area contributed by atoms with Crippen molar-refractivity contribution in [1.82, 2.24) is 16.0 Å². The van der Waals surface area contributed by atoms with Gasteiger partial charge in [-0.15, -0.1) is 0 Å². The van der Waals surface area contributed by atoms with Gasteiger partial charge in [0.15, 0.2) is 0 Å². The van der Waals surface area contributed by atoms with Gasteiger partial charge in [-0.3, -0.25) is 4.79 Å². The largest absolute Gasteiger partial charge is 0.352 e. The maximum atomic E-state index is 12.4. The van der Waals surface area contributed by atoms with Crippen LogP contribution in [-0.2, 0) is 11.3 Å². The third-order valence-electron chi connectivity index (χ3n) is 6.46. The van der Waals surface area contributed by atoms with Crippen molar-refractivity contribution in [2.45, 2.75) is 57.0 Å². The minimum absolute atomic E-state index is 0.00960. The van der Waals surface area contributed by atoms with E-state index in [2.05, 4.69) is 16.0 Å². The lowest BCUT2D eigenvalue weighted by molar-refractivity contribution is -0.121. The quantitative estimate of drug-likeness (QED) is 0.695. The second kappa shape index (κ2) is 7.70. The van der Waals surface area contributed by atoms with Crippen LogP contribution in [0.3, 0.4) is 0 Å². The fraction of sp³-hybridized carbons (Fsp3) is 0.619. The molecule has 146 valence electrons. The molecule has 4 bridgehead atoms. The number of hydrogen-bond donors (Lipinski definition) is 3. The minimum Gasteiger partial charge on any atom is -0.352 e. The predicted molar refractivity (Wildman–Crippen MR) is 105 cm³/mol. The van der Waals surface area contributed by atoms with E-state index in [0.29, 0.717) is 18.1 Å². The van der Waals surface area contributed by atoms with Gasteiger partial charge in [-0.05, 0) is 74.0 Å². The van der Waals surface area contributed by atoms with Gasteiger partial charge in [0, 0.05) is 30.1 Å². The summed E-state index contributed by atoms with van der Waals surface area (Å²) in [6.07, 6.45) is 7.75. The molecule has 0 aliphatic heterocycles. The van der Waals surface area contributed by atoms with Gasteiger partial charge >= 0.3 is 6.03 Å². The van der Waals surface area contributed by atoms with Crippen molar-refractivity contribution in [2.24, 2.45) is 17.8 Å². The third-order valence-corrected chi connectivity index (χ3v) is 6.71. The number of carbonyl (C=O) groups is 2. The van der Waals surface area contributed by atoms with Crippen LogP contribution in [0.25, 0.3) is 0 Å². The third kappa shape index (κ3) is 4.57. The summed E-state index contributed by atoms with van der Waals surface area (Å²) in [5.74, 6) is 2.33. The summed E-state index contributed by atoms with van der Waals surface area (Å²) in [5, 5.41) is 9.68. The van der Waals surface area contributed by atoms with E-state index in [4.69, 9.17) is 11.6 Å². The monoisotopic (exact) mass is 389 g/mol. The standard InChI is InChI=1S/C21H28ClN3O2/c22-18-3-1-14(2-4-18)13-24-19(26)5-6-23-20(27)25-21-10-15-7-16(11-21)9-17(8-15)12-21/h1-4,15-17H,5-13H2,(H,24,26)(H2,23,25,27). The van der Waals surface area contributed by atoms with Crippen molar-refractivity contribution in [3.8, 4) is 0 Å². The Hall–Kier alpha value is -1.75. The first-order valence-corrected chi connectivity index (χ1v) is 10.4. The minimum atomic E-state index is -0.123. The van der Waals surface area contributed by atoms with E-state index in [0.717, 1.165) is 42.6 Å². The average Bonchev–Trinajstić information content (AvgIpc) is 2.59. The van der Waals surface area contributed by atoms with Crippen LogP contribution >= 0.6 is 11.6 Å². The van der Waals surface area contributed by atoms with Crippen LogP contribution in [0.1, 0.15) is 50.5 Å². The molecule has 4 aliphatic carbocycles. The molecule has 4 aliphatic rings. The van der Waals surface area contributed by atoms with Gasteiger partial charge < -0.3 is 16.0 Å². The molecule has 4 saturated carbocycles. The SMILES string of the molecule is O=C(CCNC(=O)NC12CC3CC(CC(C3)C1)C2)NCc1ccc(Cl)cc1. The van der Waals surface area contributed by atoms with E-state index in [1.807, 2.05) is 12.1 Å². The molecule has 0 saturated heterocycles. The Balaban J connectivity index is 1.16. The molecule has 5 nitrogen and oxygen atoms in total. The molecule has 27 heavy (non-hydrogen) atoms. The summed E-state index contributed by atoms with van der Waals surface area (Å²) < 4.78 is 0.